The number of hydrogen-bond donors (Lipinski definition) is 1. The topological polar surface area (TPSA) is 78.9 Å². The molecule has 4 rings (SSSR count). The second-order valence-electron chi connectivity index (χ2n) is 9.11. The van der Waals surface area contributed by atoms with Gasteiger partial charge in [-0.2, -0.15) is 4.31 Å². The summed E-state index contributed by atoms with van der Waals surface area (Å²) in [6.07, 6.45) is 4.65. The lowest BCUT2D eigenvalue weighted by molar-refractivity contribution is -0.126. The fourth-order valence-corrected chi connectivity index (χ4v) is 6.16. The van der Waals surface area contributed by atoms with E-state index in [9.17, 15) is 13.2 Å². The lowest BCUT2D eigenvalue weighted by Gasteiger charge is -2.31. The van der Waals surface area contributed by atoms with Crippen molar-refractivity contribution in [3.8, 4) is 5.75 Å². The van der Waals surface area contributed by atoms with Crippen LogP contribution in [0.2, 0.25) is 0 Å². The van der Waals surface area contributed by atoms with Gasteiger partial charge in [-0.05, 0) is 68.6 Å². The molecule has 0 aromatic heterocycles. The van der Waals surface area contributed by atoms with Crippen molar-refractivity contribution in [1.82, 2.24) is 14.5 Å². The Morgan fingerprint density at radius 1 is 0.912 bits per heavy atom. The molecule has 2 heterocycles. The van der Waals surface area contributed by atoms with Crippen LogP contribution in [0.25, 0.3) is 0 Å². The highest BCUT2D eigenvalue weighted by Gasteiger charge is 2.26. The Morgan fingerprint density at radius 3 is 2.26 bits per heavy atom. The van der Waals surface area contributed by atoms with Gasteiger partial charge in [0.15, 0.2) is 0 Å². The van der Waals surface area contributed by atoms with Gasteiger partial charge in [-0.3, -0.25) is 9.69 Å². The molecule has 0 atom stereocenters. The predicted octanol–water partition coefficient (Wildman–Crippen LogP) is 3.27. The molecular weight excluding hydrogens is 450 g/mol. The SMILES string of the molecule is O=C(NCCOc1ccc(S(=O)(=O)N2CCCCC2)cc1)C1CCN(Cc2ccccc2)CC1. The van der Waals surface area contributed by atoms with Gasteiger partial charge in [0.05, 0.1) is 11.4 Å². The van der Waals surface area contributed by atoms with Gasteiger partial charge in [-0.25, -0.2) is 8.42 Å². The molecule has 0 bridgehead atoms. The van der Waals surface area contributed by atoms with Gasteiger partial charge in [-0.1, -0.05) is 36.8 Å². The van der Waals surface area contributed by atoms with Crippen LogP contribution in [0.5, 0.6) is 5.75 Å². The number of rotatable bonds is 9. The van der Waals surface area contributed by atoms with Crippen molar-refractivity contribution in [2.75, 3.05) is 39.3 Å². The van der Waals surface area contributed by atoms with E-state index in [0.717, 1.165) is 51.7 Å². The zero-order chi connectivity index (χ0) is 23.8. The Kier molecular flexibility index (Phi) is 8.59. The maximum Gasteiger partial charge on any atom is 0.243 e. The number of carbonyl (C=O) groups is 1. The van der Waals surface area contributed by atoms with Crippen molar-refractivity contribution >= 4 is 15.9 Å². The zero-order valence-electron chi connectivity index (χ0n) is 19.7. The highest BCUT2D eigenvalue weighted by molar-refractivity contribution is 7.89. The Morgan fingerprint density at radius 2 is 1.59 bits per heavy atom. The average Bonchev–Trinajstić information content (AvgIpc) is 2.88. The fraction of sp³-hybridized carbons (Fsp3) is 0.500. The molecule has 0 aliphatic carbocycles. The summed E-state index contributed by atoms with van der Waals surface area (Å²) < 4.78 is 32.7. The molecule has 8 heteroatoms. The van der Waals surface area contributed by atoms with Crippen molar-refractivity contribution in [1.29, 1.82) is 0 Å². The molecule has 2 aliphatic heterocycles. The summed E-state index contributed by atoms with van der Waals surface area (Å²) in [6, 6.07) is 17.0. The van der Waals surface area contributed by atoms with Crippen LogP contribution >= 0.6 is 0 Å². The lowest BCUT2D eigenvalue weighted by atomic mass is 9.95. The van der Waals surface area contributed by atoms with Crippen LogP contribution in [-0.4, -0.2) is 62.9 Å². The molecule has 184 valence electrons. The van der Waals surface area contributed by atoms with E-state index in [-0.39, 0.29) is 11.8 Å². The molecular formula is C26H35N3O4S. The number of nitrogens with zero attached hydrogens (tertiary/aromatic N) is 2. The minimum Gasteiger partial charge on any atom is -0.492 e. The molecule has 0 unspecified atom stereocenters. The van der Waals surface area contributed by atoms with Gasteiger partial charge in [-0.15, -0.1) is 0 Å². The van der Waals surface area contributed by atoms with E-state index in [4.69, 9.17) is 4.74 Å². The minimum absolute atomic E-state index is 0.0475. The summed E-state index contributed by atoms with van der Waals surface area (Å²) in [7, 11) is -3.43. The Hall–Kier alpha value is -2.42. The van der Waals surface area contributed by atoms with Crippen LogP contribution in [0.15, 0.2) is 59.5 Å². The molecule has 2 aromatic rings. The molecule has 2 fully saturated rings. The number of benzene rings is 2. The van der Waals surface area contributed by atoms with Gasteiger partial charge < -0.3 is 10.1 Å². The number of hydrogen-bond acceptors (Lipinski definition) is 5. The number of piperidine rings is 2. The third-order valence-electron chi connectivity index (χ3n) is 6.65. The van der Waals surface area contributed by atoms with Crippen LogP contribution in [0.1, 0.15) is 37.7 Å². The van der Waals surface area contributed by atoms with Crippen LogP contribution in [0.3, 0.4) is 0 Å². The van der Waals surface area contributed by atoms with E-state index in [1.54, 1.807) is 28.6 Å². The molecule has 1 amide bonds. The molecule has 34 heavy (non-hydrogen) atoms. The Balaban J connectivity index is 1.15. The monoisotopic (exact) mass is 485 g/mol. The molecule has 2 saturated heterocycles. The first-order chi connectivity index (χ1) is 16.5. The molecule has 0 spiro atoms. The van der Waals surface area contributed by atoms with Crippen LogP contribution in [0, 0.1) is 5.92 Å². The second-order valence-corrected chi connectivity index (χ2v) is 11.0. The first-order valence-corrected chi connectivity index (χ1v) is 13.7. The maximum atomic E-state index is 12.7. The molecule has 0 radical (unpaired) electrons. The van der Waals surface area contributed by atoms with E-state index < -0.39 is 10.0 Å². The third-order valence-corrected chi connectivity index (χ3v) is 8.57. The normalized spacial score (nSPS) is 18.5. The number of sulfonamides is 1. The van der Waals surface area contributed by atoms with Crippen LogP contribution < -0.4 is 10.1 Å². The van der Waals surface area contributed by atoms with Crippen molar-refractivity contribution in [2.24, 2.45) is 5.92 Å². The second kappa shape index (κ2) is 11.8. The summed E-state index contributed by atoms with van der Waals surface area (Å²) in [5.41, 5.74) is 1.31. The maximum absolute atomic E-state index is 12.7. The summed E-state index contributed by atoms with van der Waals surface area (Å²) in [5, 5.41) is 2.98. The summed E-state index contributed by atoms with van der Waals surface area (Å²) in [6.45, 7) is 4.74. The quantitative estimate of drug-likeness (QED) is 0.552. The predicted molar refractivity (Wildman–Crippen MR) is 132 cm³/mol. The minimum atomic E-state index is -3.43. The largest absolute Gasteiger partial charge is 0.492 e. The number of ether oxygens (including phenoxy) is 1. The summed E-state index contributed by atoms with van der Waals surface area (Å²) >= 11 is 0. The van der Waals surface area contributed by atoms with Crippen LogP contribution in [0.4, 0.5) is 0 Å². The van der Waals surface area contributed by atoms with E-state index in [1.807, 2.05) is 6.07 Å². The highest BCUT2D eigenvalue weighted by atomic mass is 32.2. The molecule has 0 saturated carbocycles. The first kappa shape index (κ1) is 24.7. The number of carbonyl (C=O) groups excluding carboxylic acids is 1. The van der Waals surface area contributed by atoms with Crippen molar-refractivity contribution in [3.63, 3.8) is 0 Å². The van der Waals surface area contributed by atoms with E-state index in [2.05, 4.69) is 34.5 Å². The molecule has 2 aromatic carbocycles. The van der Waals surface area contributed by atoms with E-state index >= 15 is 0 Å². The van der Waals surface area contributed by atoms with Gasteiger partial charge in [0.25, 0.3) is 0 Å². The van der Waals surface area contributed by atoms with E-state index in [1.165, 1.54) is 5.56 Å². The zero-order valence-corrected chi connectivity index (χ0v) is 20.5. The number of likely N-dealkylation sites (tertiary alicyclic amines) is 1. The van der Waals surface area contributed by atoms with Gasteiger partial charge >= 0.3 is 0 Å². The Bertz CT molecular complexity index is 1010. The molecule has 2 aliphatic rings. The van der Waals surface area contributed by atoms with Crippen molar-refractivity contribution < 1.29 is 17.9 Å². The van der Waals surface area contributed by atoms with Crippen molar-refractivity contribution in [3.05, 3.63) is 60.2 Å². The molecule has 7 nitrogen and oxygen atoms in total. The number of nitrogens with one attached hydrogen (secondary N) is 1. The fourth-order valence-electron chi connectivity index (χ4n) is 4.64. The first-order valence-electron chi connectivity index (χ1n) is 12.3. The van der Waals surface area contributed by atoms with E-state index in [0.29, 0.717) is 36.9 Å². The standard InChI is InChI=1S/C26H35N3O4S/c30-26(23-13-18-28(19-14-23)21-22-7-3-1-4-8-22)27-15-20-33-24-9-11-25(12-10-24)34(31,32)29-16-5-2-6-17-29/h1,3-4,7-12,23H,2,5-6,13-21H2,(H,27,30). The Labute approximate surface area is 203 Å². The smallest absolute Gasteiger partial charge is 0.243 e. The van der Waals surface area contributed by atoms with Gasteiger partial charge in [0.2, 0.25) is 15.9 Å². The third kappa shape index (κ3) is 6.58. The average molecular weight is 486 g/mol. The summed E-state index contributed by atoms with van der Waals surface area (Å²) in [4.78, 5) is 15.2. The summed E-state index contributed by atoms with van der Waals surface area (Å²) in [5.74, 6) is 0.735. The van der Waals surface area contributed by atoms with Gasteiger partial charge in [0, 0.05) is 25.6 Å². The van der Waals surface area contributed by atoms with Gasteiger partial charge in [0.1, 0.15) is 12.4 Å². The van der Waals surface area contributed by atoms with Crippen molar-refractivity contribution in [2.45, 2.75) is 43.5 Å². The lowest BCUT2D eigenvalue weighted by Crippen LogP contribution is -2.41. The number of amides is 1. The highest BCUT2D eigenvalue weighted by Crippen LogP contribution is 2.23. The van der Waals surface area contributed by atoms with Crippen LogP contribution in [-0.2, 0) is 21.4 Å². The molecule has 1 N–H and O–H groups in total.